The van der Waals surface area contributed by atoms with Gasteiger partial charge in [0.25, 0.3) is 0 Å². The SMILES string of the molecule is CNC(CC(=O)OC)C(=O)c1ccc2c(c1)OCO2. The van der Waals surface area contributed by atoms with Crippen LogP contribution in [0.2, 0.25) is 0 Å². The van der Waals surface area contributed by atoms with Crippen molar-refractivity contribution in [3.05, 3.63) is 23.8 Å². The Labute approximate surface area is 110 Å². The van der Waals surface area contributed by atoms with Gasteiger partial charge in [0.1, 0.15) is 0 Å². The molecule has 0 amide bonds. The van der Waals surface area contributed by atoms with Crippen LogP contribution < -0.4 is 14.8 Å². The molecule has 19 heavy (non-hydrogen) atoms. The van der Waals surface area contributed by atoms with Gasteiger partial charge in [-0.15, -0.1) is 0 Å². The third kappa shape index (κ3) is 2.85. The lowest BCUT2D eigenvalue weighted by Crippen LogP contribution is -2.36. The Morgan fingerprint density at radius 2 is 2.11 bits per heavy atom. The quantitative estimate of drug-likeness (QED) is 0.625. The molecule has 1 atom stereocenters. The lowest BCUT2D eigenvalue weighted by atomic mass is 10.0. The lowest BCUT2D eigenvalue weighted by molar-refractivity contribution is -0.140. The van der Waals surface area contributed by atoms with E-state index in [4.69, 9.17) is 9.47 Å². The Balaban J connectivity index is 2.15. The largest absolute Gasteiger partial charge is 0.469 e. The number of carbonyl (C=O) groups excluding carboxylic acids is 2. The number of ketones is 1. The number of esters is 1. The standard InChI is InChI=1S/C13H15NO5/c1-14-9(6-12(15)17-2)13(16)8-3-4-10-11(5-8)19-7-18-10/h3-5,9,14H,6-7H2,1-2H3. The second kappa shape index (κ2) is 5.71. The van der Waals surface area contributed by atoms with Gasteiger partial charge in [-0.1, -0.05) is 0 Å². The summed E-state index contributed by atoms with van der Waals surface area (Å²) in [5.41, 5.74) is 0.465. The third-order valence-electron chi connectivity index (χ3n) is 2.92. The van der Waals surface area contributed by atoms with E-state index in [0.29, 0.717) is 17.1 Å². The zero-order valence-corrected chi connectivity index (χ0v) is 10.8. The van der Waals surface area contributed by atoms with Crippen LogP contribution in [0.1, 0.15) is 16.8 Å². The summed E-state index contributed by atoms with van der Waals surface area (Å²) >= 11 is 0. The van der Waals surface area contributed by atoms with Crippen molar-refractivity contribution in [2.24, 2.45) is 0 Å². The third-order valence-corrected chi connectivity index (χ3v) is 2.92. The van der Waals surface area contributed by atoms with Gasteiger partial charge < -0.3 is 19.5 Å². The smallest absolute Gasteiger partial charge is 0.307 e. The summed E-state index contributed by atoms with van der Waals surface area (Å²) in [6.07, 6.45) is -0.0136. The van der Waals surface area contributed by atoms with Crippen LogP contribution in [0.25, 0.3) is 0 Å². The Kier molecular flexibility index (Phi) is 4.01. The molecule has 0 bridgehead atoms. The molecule has 102 valence electrons. The van der Waals surface area contributed by atoms with Crippen LogP contribution in [0, 0.1) is 0 Å². The van der Waals surface area contributed by atoms with Gasteiger partial charge in [-0.3, -0.25) is 9.59 Å². The number of fused-ring (bicyclic) bond motifs is 1. The number of rotatable bonds is 5. The molecular formula is C13H15NO5. The van der Waals surface area contributed by atoms with Crippen molar-refractivity contribution in [3.63, 3.8) is 0 Å². The number of Topliss-reactive ketones (excluding diaryl/α,β-unsaturated/α-hetero) is 1. The van der Waals surface area contributed by atoms with Crippen LogP contribution in [-0.2, 0) is 9.53 Å². The van der Waals surface area contributed by atoms with Crippen molar-refractivity contribution in [1.29, 1.82) is 0 Å². The average molecular weight is 265 g/mol. The number of ether oxygens (including phenoxy) is 3. The highest BCUT2D eigenvalue weighted by Crippen LogP contribution is 2.32. The van der Waals surface area contributed by atoms with Gasteiger partial charge in [0, 0.05) is 5.56 Å². The fraction of sp³-hybridized carbons (Fsp3) is 0.385. The molecule has 0 saturated heterocycles. The first-order valence-electron chi connectivity index (χ1n) is 5.83. The summed E-state index contributed by atoms with van der Waals surface area (Å²) in [6.45, 7) is 0.157. The molecule has 0 aliphatic carbocycles. The van der Waals surface area contributed by atoms with Crippen molar-refractivity contribution < 1.29 is 23.8 Å². The molecule has 0 fully saturated rings. The fourth-order valence-electron chi connectivity index (χ4n) is 1.83. The number of carbonyl (C=O) groups is 2. The van der Waals surface area contributed by atoms with E-state index in [1.807, 2.05) is 0 Å². The van der Waals surface area contributed by atoms with Crippen LogP contribution in [0.3, 0.4) is 0 Å². The van der Waals surface area contributed by atoms with Crippen molar-refractivity contribution in [2.75, 3.05) is 21.0 Å². The highest BCUT2D eigenvalue weighted by molar-refractivity contribution is 6.02. The van der Waals surface area contributed by atoms with E-state index in [0.717, 1.165) is 0 Å². The highest BCUT2D eigenvalue weighted by Gasteiger charge is 2.24. The molecular weight excluding hydrogens is 250 g/mol. The number of likely N-dealkylation sites (N-methyl/N-ethyl adjacent to an activating group) is 1. The molecule has 0 radical (unpaired) electrons. The van der Waals surface area contributed by atoms with Gasteiger partial charge in [-0.05, 0) is 25.2 Å². The summed E-state index contributed by atoms with van der Waals surface area (Å²) in [5, 5.41) is 2.81. The minimum Gasteiger partial charge on any atom is -0.469 e. The zero-order chi connectivity index (χ0) is 13.8. The molecule has 1 aliphatic heterocycles. The molecule has 1 aliphatic rings. The molecule has 6 nitrogen and oxygen atoms in total. The minimum atomic E-state index is -0.618. The summed E-state index contributed by atoms with van der Waals surface area (Å²) in [6, 6.07) is 4.33. The van der Waals surface area contributed by atoms with E-state index >= 15 is 0 Å². The second-order valence-electron chi connectivity index (χ2n) is 4.05. The van der Waals surface area contributed by atoms with Gasteiger partial charge in [0.15, 0.2) is 17.3 Å². The van der Waals surface area contributed by atoms with E-state index in [9.17, 15) is 9.59 Å². The molecule has 1 aromatic carbocycles. The Bertz CT molecular complexity index is 500. The van der Waals surface area contributed by atoms with Gasteiger partial charge in [0.2, 0.25) is 6.79 Å². The van der Waals surface area contributed by atoms with E-state index in [2.05, 4.69) is 10.1 Å². The molecule has 1 N–H and O–H groups in total. The Morgan fingerprint density at radius 3 is 2.79 bits per heavy atom. The first-order valence-corrected chi connectivity index (χ1v) is 5.83. The molecule has 2 rings (SSSR count). The van der Waals surface area contributed by atoms with Crippen molar-refractivity contribution in [3.8, 4) is 11.5 Å². The molecule has 1 heterocycles. The number of nitrogens with one attached hydrogen (secondary N) is 1. The number of hydrogen-bond donors (Lipinski definition) is 1. The van der Waals surface area contributed by atoms with Gasteiger partial charge >= 0.3 is 5.97 Å². The van der Waals surface area contributed by atoms with Crippen LogP contribution in [0.4, 0.5) is 0 Å². The van der Waals surface area contributed by atoms with E-state index in [1.54, 1.807) is 25.2 Å². The summed E-state index contributed by atoms with van der Waals surface area (Å²) in [7, 11) is 2.92. The maximum atomic E-state index is 12.3. The molecule has 1 unspecified atom stereocenters. The number of benzene rings is 1. The first-order chi connectivity index (χ1) is 9.15. The molecule has 0 saturated carbocycles. The van der Waals surface area contributed by atoms with E-state index in [1.165, 1.54) is 7.11 Å². The van der Waals surface area contributed by atoms with Crippen LogP contribution in [0.5, 0.6) is 11.5 Å². The predicted molar refractivity (Wildman–Crippen MR) is 66.4 cm³/mol. The van der Waals surface area contributed by atoms with Gasteiger partial charge in [0.05, 0.1) is 19.6 Å². The van der Waals surface area contributed by atoms with Crippen molar-refractivity contribution in [1.82, 2.24) is 5.32 Å². The maximum absolute atomic E-state index is 12.3. The first kappa shape index (κ1) is 13.4. The molecule has 0 aromatic heterocycles. The van der Waals surface area contributed by atoms with Gasteiger partial charge in [-0.25, -0.2) is 0 Å². The van der Waals surface area contributed by atoms with Crippen LogP contribution in [0.15, 0.2) is 18.2 Å². The molecule has 1 aromatic rings. The number of methoxy groups -OCH3 is 1. The normalized spacial score (nSPS) is 14.0. The van der Waals surface area contributed by atoms with Crippen LogP contribution >= 0.6 is 0 Å². The molecule has 0 spiro atoms. The topological polar surface area (TPSA) is 73.9 Å². The predicted octanol–water partition coefficient (Wildman–Crippen LogP) is 0.749. The van der Waals surface area contributed by atoms with Gasteiger partial charge in [-0.2, -0.15) is 0 Å². The van der Waals surface area contributed by atoms with E-state index in [-0.39, 0.29) is 19.0 Å². The lowest BCUT2D eigenvalue weighted by Gasteiger charge is -2.13. The summed E-state index contributed by atoms with van der Waals surface area (Å²) < 4.78 is 15.0. The van der Waals surface area contributed by atoms with Crippen LogP contribution in [-0.4, -0.2) is 38.7 Å². The monoisotopic (exact) mass is 265 g/mol. The average Bonchev–Trinajstić information content (AvgIpc) is 2.90. The Morgan fingerprint density at radius 1 is 1.37 bits per heavy atom. The highest BCUT2D eigenvalue weighted by atomic mass is 16.7. The van der Waals surface area contributed by atoms with Crippen molar-refractivity contribution >= 4 is 11.8 Å². The summed E-state index contributed by atoms with van der Waals surface area (Å²) in [4.78, 5) is 23.5. The Hall–Kier alpha value is -2.08. The van der Waals surface area contributed by atoms with E-state index < -0.39 is 12.0 Å². The minimum absolute atomic E-state index is 0.0136. The summed E-state index contributed by atoms with van der Waals surface area (Å²) in [5.74, 6) is 0.531. The maximum Gasteiger partial charge on any atom is 0.307 e. The molecule has 6 heteroatoms. The fourth-order valence-corrected chi connectivity index (χ4v) is 1.83. The zero-order valence-electron chi connectivity index (χ0n) is 10.8. The second-order valence-corrected chi connectivity index (χ2v) is 4.05. The van der Waals surface area contributed by atoms with Crippen molar-refractivity contribution in [2.45, 2.75) is 12.5 Å². The number of hydrogen-bond acceptors (Lipinski definition) is 6.